The molecule has 1 aliphatic carbocycles. The van der Waals surface area contributed by atoms with E-state index in [0.29, 0.717) is 11.3 Å². The second-order valence-electron chi connectivity index (χ2n) is 5.81. The summed E-state index contributed by atoms with van der Waals surface area (Å²) in [7, 11) is 0. The Hall–Kier alpha value is -2.96. The van der Waals surface area contributed by atoms with Gasteiger partial charge in [-0.2, -0.15) is 0 Å². The topological polar surface area (TPSA) is 84.3 Å². The van der Waals surface area contributed by atoms with Crippen LogP contribution < -0.4 is 10.6 Å². The number of halogens is 1. The van der Waals surface area contributed by atoms with Gasteiger partial charge in [0.2, 0.25) is 0 Å². The van der Waals surface area contributed by atoms with Gasteiger partial charge in [0.1, 0.15) is 5.82 Å². The van der Waals surface area contributed by atoms with Crippen molar-refractivity contribution in [3.05, 3.63) is 69.5 Å². The van der Waals surface area contributed by atoms with E-state index in [1.165, 1.54) is 24.3 Å². The van der Waals surface area contributed by atoms with Crippen LogP contribution in [0, 0.1) is 22.9 Å². The third kappa shape index (κ3) is 3.34. The average Bonchev–Trinajstić information content (AvgIpc) is 3.28. The molecular formula is C17H16FN3O3. The monoisotopic (exact) mass is 329 g/mol. The number of hydrogen-bond acceptors (Lipinski definition) is 3. The summed E-state index contributed by atoms with van der Waals surface area (Å²) in [6, 6.07) is 10.4. The molecule has 6 nitrogen and oxygen atoms in total. The number of urea groups is 1. The van der Waals surface area contributed by atoms with Gasteiger partial charge >= 0.3 is 6.03 Å². The lowest BCUT2D eigenvalue weighted by Crippen LogP contribution is -2.31. The molecule has 124 valence electrons. The van der Waals surface area contributed by atoms with Gasteiger partial charge in [-0.1, -0.05) is 18.2 Å². The summed E-state index contributed by atoms with van der Waals surface area (Å²) < 4.78 is 13.2. The van der Waals surface area contributed by atoms with Gasteiger partial charge in [-0.05, 0) is 37.1 Å². The zero-order chi connectivity index (χ0) is 17.3. The zero-order valence-corrected chi connectivity index (χ0v) is 13.0. The zero-order valence-electron chi connectivity index (χ0n) is 13.0. The largest absolute Gasteiger partial charge is 0.334 e. The van der Waals surface area contributed by atoms with Crippen molar-refractivity contribution in [3.63, 3.8) is 0 Å². The van der Waals surface area contributed by atoms with Crippen LogP contribution in [-0.2, 0) is 0 Å². The Labute approximate surface area is 137 Å². The Kier molecular flexibility index (Phi) is 4.16. The summed E-state index contributed by atoms with van der Waals surface area (Å²) in [4.78, 5) is 22.5. The minimum Gasteiger partial charge on any atom is -0.334 e. The molecule has 0 saturated heterocycles. The Morgan fingerprint density at radius 1 is 1.29 bits per heavy atom. The summed E-state index contributed by atoms with van der Waals surface area (Å²) in [6.07, 6.45) is 0.741. The van der Waals surface area contributed by atoms with Crippen molar-refractivity contribution in [2.45, 2.75) is 25.3 Å². The first-order valence-electron chi connectivity index (χ1n) is 7.52. The Bertz CT molecular complexity index is 809. The van der Waals surface area contributed by atoms with E-state index in [-0.39, 0.29) is 23.5 Å². The number of anilines is 1. The Morgan fingerprint density at radius 3 is 2.75 bits per heavy atom. The summed E-state index contributed by atoms with van der Waals surface area (Å²) in [5, 5.41) is 16.4. The summed E-state index contributed by atoms with van der Waals surface area (Å²) in [5.74, 6) is -0.201. The van der Waals surface area contributed by atoms with Gasteiger partial charge in [0, 0.05) is 18.0 Å². The van der Waals surface area contributed by atoms with Gasteiger partial charge in [-0.25, -0.2) is 9.18 Å². The molecule has 0 spiro atoms. The molecule has 24 heavy (non-hydrogen) atoms. The lowest BCUT2D eigenvalue weighted by Gasteiger charge is -2.10. The van der Waals surface area contributed by atoms with Crippen molar-refractivity contribution >= 4 is 17.4 Å². The highest BCUT2D eigenvalue weighted by Crippen LogP contribution is 2.41. The van der Waals surface area contributed by atoms with Crippen LogP contribution in [0.1, 0.15) is 23.5 Å². The molecular weight excluding hydrogens is 313 g/mol. The van der Waals surface area contributed by atoms with E-state index < -0.39 is 11.0 Å². The minimum absolute atomic E-state index is 0.0446. The standard InChI is InChI=1S/C17H16FN3O3/c1-10-14(6-3-7-16(10)21(23)24)19-17(22)20-15-9-13(15)11-4-2-5-12(18)8-11/h2-8,13,15H,9H2,1H3,(H2,19,20,22)/t13-,15-/m1/s1. The van der Waals surface area contributed by atoms with Gasteiger partial charge < -0.3 is 10.6 Å². The van der Waals surface area contributed by atoms with E-state index in [2.05, 4.69) is 10.6 Å². The average molecular weight is 329 g/mol. The number of nitrogens with zero attached hydrogens (tertiary/aromatic N) is 1. The smallest absolute Gasteiger partial charge is 0.319 e. The van der Waals surface area contributed by atoms with Gasteiger partial charge in [-0.3, -0.25) is 10.1 Å². The summed E-state index contributed by atoms with van der Waals surface area (Å²) >= 11 is 0. The number of carbonyl (C=O) groups excluding carboxylic acids is 1. The first kappa shape index (κ1) is 15.9. The molecule has 3 rings (SSSR count). The molecule has 1 fully saturated rings. The van der Waals surface area contributed by atoms with Crippen molar-refractivity contribution in [2.75, 3.05) is 5.32 Å². The van der Waals surface area contributed by atoms with E-state index in [9.17, 15) is 19.3 Å². The van der Waals surface area contributed by atoms with Crippen LogP contribution in [0.2, 0.25) is 0 Å². The highest BCUT2D eigenvalue weighted by molar-refractivity contribution is 5.91. The third-order valence-corrected chi connectivity index (χ3v) is 4.13. The molecule has 2 aromatic carbocycles. The highest BCUT2D eigenvalue weighted by Gasteiger charge is 2.39. The number of carbonyl (C=O) groups is 1. The van der Waals surface area contributed by atoms with E-state index in [1.807, 2.05) is 6.07 Å². The maximum Gasteiger partial charge on any atom is 0.319 e. The van der Waals surface area contributed by atoms with E-state index >= 15 is 0 Å². The minimum atomic E-state index is -0.487. The van der Waals surface area contributed by atoms with E-state index in [1.54, 1.807) is 19.1 Å². The van der Waals surface area contributed by atoms with Crippen molar-refractivity contribution in [1.82, 2.24) is 5.32 Å². The molecule has 7 heteroatoms. The SMILES string of the molecule is Cc1c(NC(=O)N[C@@H]2C[C@@H]2c2cccc(F)c2)cccc1[N+](=O)[O-]. The van der Waals surface area contributed by atoms with Crippen LogP contribution in [0.4, 0.5) is 20.6 Å². The van der Waals surface area contributed by atoms with Crippen molar-refractivity contribution in [2.24, 2.45) is 0 Å². The number of amides is 2. The first-order chi connectivity index (χ1) is 11.5. The lowest BCUT2D eigenvalue weighted by atomic mass is 10.1. The molecule has 1 aliphatic rings. The van der Waals surface area contributed by atoms with E-state index in [0.717, 1.165) is 12.0 Å². The molecule has 0 radical (unpaired) electrons. The quantitative estimate of drug-likeness (QED) is 0.662. The number of hydrogen-bond donors (Lipinski definition) is 2. The number of benzene rings is 2. The fourth-order valence-electron chi connectivity index (χ4n) is 2.74. The second-order valence-corrected chi connectivity index (χ2v) is 5.81. The van der Waals surface area contributed by atoms with Crippen LogP contribution in [0.15, 0.2) is 42.5 Å². The number of nitro groups is 1. The Balaban J connectivity index is 1.62. The lowest BCUT2D eigenvalue weighted by molar-refractivity contribution is -0.385. The van der Waals surface area contributed by atoms with Crippen LogP contribution in [-0.4, -0.2) is 17.0 Å². The molecule has 1 saturated carbocycles. The van der Waals surface area contributed by atoms with E-state index in [4.69, 9.17) is 0 Å². The molecule has 0 aliphatic heterocycles. The molecule has 0 aromatic heterocycles. The van der Waals surface area contributed by atoms with Crippen molar-refractivity contribution in [1.29, 1.82) is 0 Å². The molecule has 0 bridgehead atoms. The van der Waals surface area contributed by atoms with Gasteiger partial charge in [0.25, 0.3) is 5.69 Å². The molecule has 2 atom stereocenters. The highest BCUT2D eigenvalue weighted by atomic mass is 19.1. The second kappa shape index (κ2) is 6.27. The number of rotatable bonds is 4. The number of nitrogens with one attached hydrogen (secondary N) is 2. The van der Waals surface area contributed by atoms with Gasteiger partial charge in [0.15, 0.2) is 0 Å². The number of nitro benzene ring substituents is 1. The van der Waals surface area contributed by atoms with Gasteiger partial charge in [0.05, 0.1) is 16.2 Å². The molecule has 0 unspecified atom stereocenters. The molecule has 0 heterocycles. The maximum atomic E-state index is 13.2. The van der Waals surface area contributed by atoms with Crippen LogP contribution in [0.3, 0.4) is 0 Å². The van der Waals surface area contributed by atoms with Crippen molar-refractivity contribution < 1.29 is 14.1 Å². The summed E-state index contributed by atoms with van der Waals surface area (Å²) in [6.45, 7) is 1.58. The third-order valence-electron chi connectivity index (χ3n) is 4.13. The Morgan fingerprint density at radius 2 is 2.04 bits per heavy atom. The van der Waals surface area contributed by atoms with Crippen LogP contribution >= 0.6 is 0 Å². The first-order valence-corrected chi connectivity index (χ1v) is 7.52. The summed E-state index contributed by atoms with van der Waals surface area (Å²) in [5.41, 5.74) is 1.60. The van der Waals surface area contributed by atoms with Gasteiger partial charge in [-0.15, -0.1) is 0 Å². The fourth-order valence-corrected chi connectivity index (χ4v) is 2.74. The molecule has 2 N–H and O–H groups in total. The molecule has 2 amide bonds. The van der Waals surface area contributed by atoms with Crippen LogP contribution in [0.5, 0.6) is 0 Å². The maximum absolute atomic E-state index is 13.2. The predicted octanol–water partition coefficient (Wildman–Crippen LogP) is 3.72. The normalized spacial score (nSPS) is 18.8. The fraction of sp³-hybridized carbons (Fsp3) is 0.235. The molecule has 2 aromatic rings. The predicted molar refractivity (Wildman–Crippen MR) is 87.5 cm³/mol. The van der Waals surface area contributed by atoms with Crippen LogP contribution in [0.25, 0.3) is 0 Å². The van der Waals surface area contributed by atoms with Crippen molar-refractivity contribution in [3.8, 4) is 0 Å².